The van der Waals surface area contributed by atoms with Crippen molar-refractivity contribution in [2.24, 2.45) is 7.05 Å². The highest BCUT2D eigenvalue weighted by molar-refractivity contribution is 5.83. The molecule has 25 heavy (non-hydrogen) atoms. The second-order valence-electron chi connectivity index (χ2n) is 6.17. The van der Waals surface area contributed by atoms with E-state index < -0.39 is 6.10 Å². The van der Waals surface area contributed by atoms with Crippen LogP contribution in [0.15, 0.2) is 67.0 Å². The first-order valence-electron chi connectivity index (χ1n) is 8.29. The number of fused-ring (bicyclic) bond motifs is 1. The van der Waals surface area contributed by atoms with Gasteiger partial charge >= 0.3 is 0 Å². The first-order chi connectivity index (χ1) is 12.2. The number of benzene rings is 2. The van der Waals surface area contributed by atoms with Gasteiger partial charge in [0.15, 0.2) is 6.10 Å². The number of imidazole rings is 1. The first kappa shape index (κ1) is 15.4. The minimum Gasteiger partial charge on any atom is -0.480 e. The molecule has 1 aromatic heterocycles. The quantitative estimate of drug-likeness (QED) is 0.798. The summed E-state index contributed by atoms with van der Waals surface area (Å²) >= 11 is 0. The lowest BCUT2D eigenvalue weighted by molar-refractivity contribution is -0.127. The number of aryl methyl sites for hydroxylation is 1. The molecule has 0 bridgehead atoms. The molecule has 1 amide bonds. The number of rotatable bonds is 4. The Morgan fingerprint density at radius 3 is 2.68 bits per heavy atom. The number of hydrogen-bond donors (Lipinski definition) is 1. The average Bonchev–Trinajstić information content (AvgIpc) is 3.26. The van der Waals surface area contributed by atoms with Crippen LogP contribution in [0.2, 0.25) is 0 Å². The van der Waals surface area contributed by atoms with E-state index in [1.807, 2.05) is 72.4 Å². The molecule has 2 aromatic carbocycles. The first-order valence-corrected chi connectivity index (χ1v) is 8.29. The van der Waals surface area contributed by atoms with Gasteiger partial charge in [0.05, 0.1) is 0 Å². The van der Waals surface area contributed by atoms with E-state index in [1.54, 1.807) is 6.20 Å². The van der Waals surface area contributed by atoms with Crippen molar-refractivity contribution in [2.75, 3.05) is 0 Å². The van der Waals surface area contributed by atoms with Gasteiger partial charge in [-0.2, -0.15) is 0 Å². The molecular weight excluding hydrogens is 314 g/mol. The SMILES string of the molecule is Cn1ccnc1C(NC(=O)C1Cc2ccccc2O1)c1ccccc1. The van der Waals surface area contributed by atoms with Crippen LogP contribution < -0.4 is 10.1 Å². The third-order valence-corrected chi connectivity index (χ3v) is 4.48. The van der Waals surface area contributed by atoms with Crippen LogP contribution in [0, 0.1) is 0 Å². The molecular formula is C20H19N3O2. The summed E-state index contributed by atoms with van der Waals surface area (Å²) in [4.78, 5) is 17.3. The van der Waals surface area contributed by atoms with Gasteiger partial charge < -0.3 is 14.6 Å². The summed E-state index contributed by atoms with van der Waals surface area (Å²) in [6, 6.07) is 17.3. The molecule has 0 aliphatic carbocycles. The fourth-order valence-corrected chi connectivity index (χ4v) is 3.16. The second-order valence-corrected chi connectivity index (χ2v) is 6.17. The molecule has 2 unspecified atom stereocenters. The molecule has 5 heteroatoms. The smallest absolute Gasteiger partial charge is 0.262 e. The van der Waals surface area contributed by atoms with Crippen LogP contribution in [-0.4, -0.2) is 21.6 Å². The molecule has 1 aliphatic rings. The molecule has 2 atom stereocenters. The number of hydrogen-bond acceptors (Lipinski definition) is 3. The Labute approximate surface area is 146 Å². The van der Waals surface area contributed by atoms with Crippen LogP contribution in [0.1, 0.15) is 23.0 Å². The lowest BCUT2D eigenvalue weighted by Crippen LogP contribution is -2.40. The maximum Gasteiger partial charge on any atom is 0.262 e. The summed E-state index contributed by atoms with van der Waals surface area (Å²) in [5.41, 5.74) is 2.05. The number of para-hydroxylation sites is 1. The van der Waals surface area contributed by atoms with Crippen molar-refractivity contribution in [2.45, 2.75) is 18.6 Å². The summed E-state index contributed by atoms with van der Waals surface area (Å²) in [5, 5.41) is 3.11. The largest absolute Gasteiger partial charge is 0.480 e. The normalized spacial score (nSPS) is 16.8. The van der Waals surface area contributed by atoms with E-state index in [1.165, 1.54) is 0 Å². The maximum atomic E-state index is 12.8. The van der Waals surface area contributed by atoms with Crippen molar-refractivity contribution in [3.8, 4) is 5.75 Å². The molecule has 5 nitrogen and oxygen atoms in total. The van der Waals surface area contributed by atoms with Gasteiger partial charge in [-0.3, -0.25) is 4.79 Å². The maximum absolute atomic E-state index is 12.8. The van der Waals surface area contributed by atoms with Crippen LogP contribution in [0.3, 0.4) is 0 Å². The third-order valence-electron chi connectivity index (χ3n) is 4.48. The van der Waals surface area contributed by atoms with E-state index in [9.17, 15) is 4.79 Å². The van der Waals surface area contributed by atoms with Crippen LogP contribution in [-0.2, 0) is 18.3 Å². The standard InChI is InChI=1S/C20H19N3O2/c1-23-12-11-21-19(23)18(14-7-3-2-4-8-14)22-20(24)17-13-15-9-5-6-10-16(15)25-17/h2-12,17-18H,13H2,1H3,(H,22,24). The Morgan fingerprint density at radius 2 is 1.96 bits per heavy atom. The van der Waals surface area contributed by atoms with Gasteiger partial charge in [-0.15, -0.1) is 0 Å². The summed E-state index contributed by atoms with van der Waals surface area (Å²) in [6.45, 7) is 0. The number of nitrogens with zero attached hydrogens (tertiary/aromatic N) is 2. The Kier molecular flexibility index (Phi) is 3.98. The van der Waals surface area contributed by atoms with Crippen molar-refractivity contribution in [1.82, 2.24) is 14.9 Å². The monoisotopic (exact) mass is 333 g/mol. The molecule has 3 aromatic rings. The number of carbonyl (C=O) groups is 1. The van der Waals surface area contributed by atoms with E-state index >= 15 is 0 Å². The van der Waals surface area contributed by atoms with Gasteiger partial charge in [-0.25, -0.2) is 4.98 Å². The van der Waals surface area contributed by atoms with Gasteiger partial charge in [0.25, 0.3) is 5.91 Å². The van der Waals surface area contributed by atoms with Gasteiger partial charge in [0.2, 0.25) is 0 Å². The van der Waals surface area contributed by atoms with Crippen LogP contribution >= 0.6 is 0 Å². The topological polar surface area (TPSA) is 56.2 Å². The zero-order valence-electron chi connectivity index (χ0n) is 13.9. The highest BCUT2D eigenvalue weighted by Gasteiger charge is 2.31. The Balaban J connectivity index is 1.58. The van der Waals surface area contributed by atoms with Crippen molar-refractivity contribution >= 4 is 5.91 Å². The number of carbonyl (C=O) groups excluding carboxylic acids is 1. The van der Waals surface area contributed by atoms with Crippen LogP contribution in [0.5, 0.6) is 5.75 Å². The highest BCUT2D eigenvalue weighted by Crippen LogP contribution is 2.29. The van der Waals surface area contributed by atoms with Crippen molar-refractivity contribution in [3.63, 3.8) is 0 Å². The predicted molar refractivity (Wildman–Crippen MR) is 94.2 cm³/mol. The predicted octanol–water partition coefficient (Wildman–Crippen LogP) is 2.63. The number of aromatic nitrogens is 2. The molecule has 126 valence electrons. The lowest BCUT2D eigenvalue weighted by Gasteiger charge is -2.21. The van der Waals surface area contributed by atoms with E-state index in [2.05, 4.69) is 10.3 Å². The van der Waals surface area contributed by atoms with E-state index in [0.717, 1.165) is 22.7 Å². The number of nitrogens with one attached hydrogen (secondary N) is 1. The van der Waals surface area contributed by atoms with Gasteiger partial charge in [-0.1, -0.05) is 48.5 Å². The molecule has 0 fully saturated rings. The zero-order chi connectivity index (χ0) is 17.2. The molecule has 4 rings (SSSR count). The van der Waals surface area contributed by atoms with Crippen LogP contribution in [0.4, 0.5) is 0 Å². The third kappa shape index (κ3) is 3.01. The fraction of sp³-hybridized carbons (Fsp3) is 0.200. The molecule has 2 heterocycles. The van der Waals surface area contributed by atoms with Crippen molar-refractivity contribution in [3.05, 3.63) is 83.9 Å². The minimum absolute atomic E-state index is 0.131. The van der Waals surface area contributed by atoms with E-state index in [0.29, 0.717) is 6.42 Å². The Hall–Kier alpha value is -3.08. The Morgan fingerprint density at radius 1 is 1.20 bits per heavy atom. The van der Waals surface area contributed by atoms with Crippen molar-refractivity contribution < 1.29 is 9.53 Å². The van der Waals surface area contributed by atoms with Gasteiger partial charge in [0.1, 0.15) is 17.6 Å². The van der Waals surface area contributed by atoms with Crippen molar-refractivity contribution in [1.29, 1.82) is 0 Å². The highest BCUT2D eigenvalue weighted by atomic mass is 16.5. The molecule has 0 saturated heterocycles. The molecule has 0 spiro atoms. The molecule has 0 radical (unpaired) electrons. The fourth-order valence-electron chi connectivity index (χ4n) is 3.16. The van der Waals surface area contributed by atoms with E-state index in [4.69, 9.17) is 4.74 Å². The summed E-state index contributed by atoms with van der Waals surface area (Å²) in [5.74, 6) is 1.44. The summed E-state index contributed by atoms with van der Waals surface area (Å²) in [6.07, 6.45) is 3.69. The summed E-state index contributed by atoms with van der Waals surface area (Å²) in [7, 11) is 1.92. The molecule has 1 aliphatic heterocycles. The lowest BCUT2D eigenvalue weighted by atomic mass is 10.0. The van der Waals surface area contributed by atoms with Gasteiger partial charge in [-0.05, 0) is 17.2 Å². The molecule has 1 N–H and O–H groups in total. The summed E-state index contributed by atoms with van der Waals surface area (Å²) < 4.78 is 7.73. The second kappa shape index (κ2) is 6.43. The van der Waals surface area contributed by atoms with Gasteiger partial charge in [0, 0.05) is 25.9 Å². The van der Waals surface area contributed by atoms with E-state index in [-0.39, 0.29) is 11.9 Å². The average molecular weight is 333 g/mol. The minimum atomic E-state index is -0.510. The Bertz CT molecular complexity index is 864. The number of amides is 1. The molecule has 0 saturated carbocycles. The zero-order valence-corrected chi connectivity index (χ0v) is 13.9. The number of ether oxygens (including phenoxy) is 1. The van der Waals surface area contributed by atoms with Crippen LogP contribution in [0.25, 0.3) is 0 Å².